The van der Waals surface area contributed by atoms with Crippen LogP contribution in [-0.2, 0) is 22.4 Å². The van der Waals surface area contributed by atoms with E-state index in [1.165, 1.54) is 7.11 Å². The number of halogens is 3. The number of nitrogens with zero attached hydrogens (tertiary/aromatic N) is 3. The second-order valence-electron chi connectivity index (χ2n) is 8.01. The van der Waals surface area contributed by atoms with E-state index in [1.807, 2.05) is 6.92 Å². The molecule has 7 nitrogen and oxygen atoms in total. The lowest BCUT2D eigenvalue weighted by molar-refractivity contribution is -0.150. The van der Waals surface area contributed by atoms with Gasteiger partial charge in [-0.15, -0.1) is 0 Å². The van der Waals surface area contributed by atoms with Crippen molar-refractivity contribution in [3.05, 3.63) is 53.1 Å². The molecule has 166 valence electrons. The van der Waals surface area contributed by atoms with Gasteiger partial charge >= 0.3 is 12.3 Å². The van der Waals surface area contributed by atoms with Crippen LogP contribution in [0.5, 0.6) is 5.75 Å². The molecule has 0 aliphatic carbocycles. The van der Waals surface area contributed by atoms with Crippen LogP contribution in [0.15, 0.2) is 46.7 Å². The smallest absolute Gasteiger partial charge is 0.497 e. The van der Waals surface area contributed by atoms with Gasteiger partial charge in [0.2, 0.25) is 5.69 Å². The number of alkyl halides is 3. The lowest BCUT2D eigenvalue weighted by Gasteiger charge is -2.26. The molecule has 1 amide bonds. The summed E-state index contributed by atoms with van der Waals surface area (Å²) < 4.78 is 49.3. The lowest BCUT2D eigenvalue weighted by atomic mass is 10.1. The second kappa shape index (κ2) is 7.93. The third-order valence-corrected chi connectivity index (χ3v) is 4.51. The van der Waals surface area contributed by atoms with Gasteiger partial charge in [-0.1, -0.05) is 11.2 Å². The normalized spacial score (nSPS) is 18.1. The number of aryl methyl sites for hydroxylation is 1. The summed E-state index contributed by atoms with van der Waals surface area (Å²) in [4.78, 5) is 18.9. The van der Waals surface area contributed by atoms with Crippen molar-refractivity contribution < 1.29 is 32.3 Å². The van der Waals surface area contributed by atoms with E-state index >= 15 is 0 Å². The minimum absolute atomic E-state index is 0.0845. The number of amides is 1. The average molecular weight is 438 g/mol. The quantitative estimate of drug-likeness (QED) is 0.517. The van der Waals surface area contributed by atoms with Crippen molar-refractivity contribution in [2.75, 3.05) is 7.11 Å². The van der Waals surface area contributed by atoms with Crippen molar-refractivity contribution in [1.29, 1.82) is 0 Å². The van der Waals surface area contributed by atoms with E-state index in [1.54, 1.807) is 39.0 Å². The molecule has 0 bridgehead atoms. The molecule has 1 aliphatic heterocycles. The summed E-state index contributed by atoms with van der Waals surface area (Å²) in [5, 5.41) is 7.77. The Morgan fingerprint density at radius 2 is 1.81 bits per heavy atom. The van der Waals surface area contributed by atoms with Crippen LogP contribution < -0.4 is 9.49 Å². The molecule has 10 heteroatoms. The van der Waals surface area contributed by atoms with Gasteiger partial charge in [-0.3, -0.25) is 0 Å². The van der Waals surface area contributed by atoms with Crippen molar-refractivity contribution in [2.45, 2.75) is 46.1 Å². The zero-order chi connectivity index (χ0) is 23.0. The largest absolute Gasteiger partial charge is 0.586 e. The number of carbonyl (C=O) groups is 1. The van der Waals surface area contributed by atoms with Gasteiger partial charge in [0.25, 0.3) is 0 Å². The molecule has 0 spiro atoms. The first-order valence-electron chi connectivity index (χ1n) is 9.41. The average Bonchev–Trinajstić information content (AvgIpc) is 3.04. The summed E-state index contributed by atoms with van der Waals surface area (Å²) in [5.74, 6) is 0.566. The minimum atomic E-state index is -4.62. The first-order valence-corrected chi connectivity index (χ1v) is 9.41. The van der Waals surface area contributed by atoms with Crippen molar-refractivity contribution in [3.63, 3.8) is 0 Å². The first-order chi connectivity index (χ1) is 14.4. The van der Waals surface area contributed by atoms with Crippen molar-refractivity contribution in [2.24, 2.45) is 10.3 Å². The summed E-state index contributed by atoms with van der Waals surface area (Å²) in [6.07, 6.45) is -5.63. The summed E-state index contributed by atoms with van der Waals surface area (Å²) in [6, 6.07) is 8.10. The van der Waals surface area contributed by atoms with Crippen LogP contribution in [0.25, 0.3) is 0 Å². The highest BCUT2D eigenvalue weighted by molar-refractivity contribution is 5.86. The number of carbonyl (C=O) groups excluding carboxylic acids is 1. The van der Waals surface area contributed by atoms with Gasteiger partial charge in [-0.25, -0.2) is 0 Å². The van der Waals surface area contributed by atoms with Gasteiger partial charge in [0.15, 0.2) is 5.69 Å². The molecule has 0 radical (unpaired) electrons. The van der Waals surface area contributed by atoms with Crippen LogP contribution in [0.3, 0.4) is 0 Å². The third-order valence-electron chi connectivity index (χ3n) is 4.51. The monoisotopic (exact) mass is 438 g/mol. The van der Waals surface area contributed by atoms with Gasteiger partial charge in [0.05, 0.1) is 22.7 Å². The molecule has 3 rings (SSSR count). The molecule has 0 fully saturated rings. The highest BCUT2D eigenvalue weighted by atomic mass is 19.4. The fraction of sp³-hybridized carbons (Fsp3) is 0.381. The molecule has 2 aromatic rings. The Balaban J connectivity index is 2.05. The molecule has 1 unspecified atom stereocenters. The molecule has 31 heavy (non-hydrogen) atoms. The lowest BCUT2D eigenvalue weighted by Crippen LogP contribution is -2.50. The number of rotatable bonds is 4. The van der Waals surface area contributed by atoms with Crippen LogP contribution in [0.2, 0.25) is 0 Å². The summed E-state index contributed by atoms with van der Waals surface area (Å²) >= 11 is 0. The van der Waals surface area contributed by atoms with Gasteiger partial charge in [0.1, 0.15) is 18.0 Å². The van der Waals surface area contributed by atoms with E-state index in [0.717, 1.165) is 23.8 Å². The van der Waals surface area contributed by atoms with Gasteiger partial charge in [0, 0.05) is 6.07 Å². The van der Waals surface area contributed by atoms with E-state index in [4.69, 9.17) is 14.3 Å². The number of hydrogen-bond acceptors (Lipinski definition) is 6. The number of methoxy groups -OCH3 is 1. The standard InChI is InChI=1S/C21H23F3N3O4/c1-13-6-8-16(29-5)10-14(13)12-30-27(19(28)31-20(2,3)4)18-11-15(21(22,23)24)7-9-17(18)25-26-27/h6-11H,12H2,1-5H3/q+1. The van der Waals surface area contributed by atoms with Crippen LogP contribution >= 0.6 is 0 Å². The molecule has 1 heterocycles. The van der Waals surface area contributed by atoms with Crippen molar-refractivity contribution in [3.8, 4) is 5.75 Å². The molecule has 2 aromatic carbocycles. The summed E-state index contributed by atoms with van der Waals surface area (Å²) in [7, 11) is 1.51. The number of fused-ring (bicyclic) bond motifs is 1. The Kier molecular flexibility index (Phi) is 5.81. The van der Waals surface area contributed by atoms with Crippen molar-refractivity contribution in [1.82, 2.24) is 4.76 Å². The Hall–Kier alpha value is -2.98. The number of quaternary nitrogens is 1. The maximum Gasteiger partial charge on any atom is 0.586 e. The first kappa shape index (κ1) is 22.7. The van der Waals surface area contributed by atoms with Gasteiger partial charge in [-0.05, 0) is 63.1 Å². The molecular formula is C21H23F3N3O4+. The zero-order valence-electron chi connectivity index (χ0n) is 17.8. The molecule has 0 saturated carbocycles. The molecular weight excluding hydrogens is 415 g/mol. The highest BCUT2D eigenvalue weighted by Crippen LogP contribution is 2.46. The van der Waals surface area contributed by atoms with Gasteiger partial charge < -0.3 is 9.47 Å². The summed E-state index contributed by atoms with van der Waals surface area (Å²) in [6.45, 7) is 6.57. The van der Waals surface area contributed by atoms with E-state index < -0.39 is 28.2 Å². The van der Waals surface area contributed by atoms with E-state index in [-0.39, 0.29) is 18.0 Å². The second-order valence-corrected chi connectivity index (χ2v) is 8.01. The number of benzene rings is 2. The number of ether oxygens (including phenoxy) is 2. The minimum Gasteiger partial charge on any atom is -0.497 e. The van der Waals surface area contributed by atoms with E-state index in [0.29, 0.717) is 11.3 Å². The van der Waals surface area contributed by atoms with E-state index in [9.17, 15) is 18.0 Å². The van der Waals surface area contributed by atoms with Crippen LogP contribution in [-0.4, -0.2) is 18.8 Å². The van der Waals surface area contributed by atoms with Crippen LogP contribution in [0, 0.1) is 6.92 Å². The Morgan fingerprint density at radius 1 is 1.10 bits per heavy atom. The predicted octanol–water partition coefficient (Wildman–Crippen LogP) is 6.41. The fourth-order valence-corrected chi connectivity index (χ4v) is 2.89. The SMILES string of the molecule is COc1ccc(C)c(CO[N+]2(C(=O)OC(C)(C)C)N=Nc3ccc(C(F)(F)F)cc32)c1. The topological polar surface area (TPSA) is 69.5 Å². The Labute approximate surface area is 177 Å². The maximum atomic E-state index is 13.3. The van der Waals surface area contributed by atoms with E-state index in [2.05, 4.69) is 10.3 Å². The van der Waals surface area contributed by atoms with Crippen LogP contribution in [0.4, 0.5) is 29.3 Å². The number of hydrogen-bond donors (Lipinski definition) is 0. The third kappa shape index (κ3) is 4.70. The maximum absolute atomic E-state index is 13.3. The summed E-state index contributed by atoms with van der Waals surface area (Å²) in [5.41, 5.74) is -0.478. The van der Waals surface area contributed by atoms with Gasteiger partial charge in [-0.2, -0.15) is 22.8 Å². The highest BCUT2D eigenvalue weighted by Gasteiger charge is 2.54. The fourth-order valence-electron chi connectivity index (χ4n) is 2.89. The Morgan fingerprint density at radius 3 is 2.42 bits per heavy atom. The molecule has 0 saturated heterocycles. The molecule has 1 aliphatic rings. The zero-order valence-corrected chi connectivity index (χ0v) is 17.8. The van der Waals surface area contributed by atoms with Crippen molar-refractivity contribution >= 4 is 17.5 Å². The molecule has 0 N–H and O–H groups in total. The predicted molar refractivity (Wildman–Crippen MR) is 107 cm³/mol. The molecule has 1 atom stereocenters. The number of hydroxylamine groups is 1. The molecule has 0 aromatic heterocycles. The van der Waals surface area contributed by atoms with Crippen LogP contribution in [0.1, 0.15) is 37.5 Å². The Bertz CT molecular complexity index is 1030.